The van der Waals surface area contributed by atoms with Gasteiger partial charge >= 0.3 is 0 Å². The lowest BCUT2D eigenvalue weighted by Crippen LogP contribution is -2.46. The first-order valence-corrected chi connectivity index (χ1v) is 11.3. The highest BCUT2D eigenvalue weighted by atomic mass is 32.2. The van der Waals surface area contributed by atoms with Gasteiger partial charge in [-0.3, -0.25) is 4.79 Å². The van der Waals surface area contributed by atoms with Gasteiger partial charge in [-0.25, -0.2) is 18.4 Å². The third-order valence-electron chi connectivity index (χ3n) is 5.63. The minimum atomic E-state index is -3.07. The van der Waals surface area contributed by atoms with Crippen molar-refractivity contribution in [2.75, 3.05) is 24.2 Å². The van der Waals surface area contributed by atoms with Gasteiger partial charge in [0.15, 0.2) is 9.84 Å². The first-order chi connectivity index (χ1) is 12.8. The molecule has 4 rings (SSSR count). The fourth-order valence-electron chi connectivity index (χ4n) is 4.48. The lowest BCUT2D eigenvalue weighted by Gasteiger charge is -2.41. The highest BCUT2D eigenvalue weighted by molar-refractivity contribution is 7.89. The van der Waals surface area contributed by atoms with Crippen LogP contribution in [0.25, 0.3) is 0 Å². The minimum Gasteiger partial charge on any atom is -0.356 e. The fraction of sp³-hybridized carbons (Fsp3) is 0.526. The molecular formula is C19H24N4O3S. The van der Waals surface area contributed by atoms with Crippen LogP contribution in [-0.4, -0.2) is 42.7 Å². The summed E-state index contributed by atoms with van der Waals surface area (Å²) < 4.78 is 22.9. The van der Waals surface area contributed by atoms with Crippen LogP contribution in [-0.2, 0) is 27.4 Å². The van der Waals surface area contributed by atoms with E-state index in [1.807, 2.05) is 19.1 Å². The zero-order chi connectivity index (χ0) is 19.2. The smallest absolute Gasteiger partial charge is 0.254 e. The Morgan fingerprint density at radius 2 is 2.11 bits per heavy atom. The Hall–Kier alpha value is -2.22. The van der Waals surface area contributed by atoms with Crippen molar-refractivity contribution >= 4 is 15.7 Å². The third kappa shape index (κ3) is 3.50. The van der Waals surface area contributed by atoms with E-state index in [4.69, 9.17) is 4.98 Å². The number of aromatic nitrogens is 3. The van der Waals surface area contributed by atoms with Crippen LogP contribution >= 0.6 is 0 Å². The number of hydrogen-bond acceptors (Lipinski definition) is 6. The molecule has 1 unspecified atom stereocenters. The van der Waals surface area contributed by atoms with Crippen molar-refractivity contribution in [1.82, 2.24) is 15.0 Å². The Balaban J connectivity index is 1.61. The molecule has 0 bridgehead atoms. The lowest BCUT2D eigenvalue weighted by molar-refractivity contribution is 0.333. The predicted octanol–water partition coefficient (Wildman–Crippen LogP) is 1.50. The van der Waals surface area contributed by atoms with Gasteiger partial charge in [0.05, 0.1) is 11.4 Å². The average Bonchev–Trinajstić information content (AvgIpc) is 2.92. The Morgan fingerprint density at radius 3 is 2.81 bits per heavy atom. The normalized spacial score (nSPS) is 22.2. The number of sulfone groups is 1. The molecule has 7 nitrogen and oxygen atoms in total. The molecule has 1 aliphatic heterocycles. The molecule has 0 saturated carbocycles. The maximum atomic E-state index is 12.3. The van der Waals surface area contributed by atoms with Gasteiger partial charge in [0, 0.05) is 36.5 Å². The van der Waals surface area contributed by atoms with E-state index in [-0.39, 0.29) is 16.7 Å². The minimum absolute atomic E-state index is 0.00354. The summed E-state index contributed by atoms with van der Waals surface area (Å²) in [6.07, 6.45) is 6.62. The van der Waals surface area contributed by atoms with E-state index in [0.29, 0.717) is 11.4 Å². The van der Waals surface area contributed by atoms with Crippen LogP contribution in [0, 0.1) is 6.92 Å². The van der Waals surface area contributed by atoms with Gasteiger partial charge < -0.3 is 9.88 Å². The molecule has 2 aromatic rings. The lowest BCUT2D eigenvalue weighted by atomic mass is 9.77. The molecule has 2 aromatic heterocycles. The van der Waals surface area contributed by atoms with Crippen LogP contribution in [0.2, 0.25) is 0 Å². The summed E-state index contributed by atoms with van der Waals surface area (Å²) in [6, 6.07) is 3.73. The first kappa shape index (κ1) is 18.2. The number of aromatic amines is 1. The summed E-state index contributed by atoms with van der Waals surface area (Å²) in [7, 11) is -3.07. The summed E-state index contributed by atoms with van der Waals surface area (Å²) in [5.74, 6) is 1.52. The molecule has 1 aliphatic carbocycles. The van der Waals surface area contributed by atoms with Gasteiger partial charge in [0.1, 0.15) is 11.6 Å². The fourth-order valence-corrected chi connectivity index (χ4v) is 5.26. The van der Waals surface area contributed by atoms with Crippen molar-refractivity contribution in [2.24, 2.45) is 0 Å². The van der Waals surface area contributed by atoms with Crippen molar-refractivity contribution in [3.8, 4) is 0 Å². The van der Waals surface area contributed by atoms with Crippen LogP contribution in [0.5, 0.6) is 0 Å². The number of H-pyrrole nitrogens is 1. The number of hydrogen-bond donors (Lipinski definition) is 1. The molecule has 8 heteroatoms. The van der Waals surface area contributed by atoms with Crippen LogP contribution < -0.4 is 10.5 Å². The van der Waals surface area contributed by atoms with Crippen LogP contribution in [0.3, 0.4) is 0 Å². The van der Waals surface area contributed by atoms with E-state index >= 15 is 0 Å². The van der Waals surface area contributed by atoms with Gasteiger partial charge in [-0.1, -0.05) is 6.07 Å². The molecule has 2 aliphatic rings. The molecule has 1 spiro atoms. The molecule has 144 valence electrons. The number of nitrogens with zero attached hydrogens (tertiary/aromatic N) is 3. The Morgan fingerprint density at radius 1 is 1.30 bits per heavy atom. The second-order valence-corrected chi connectivity index (χ2v) is 10.0. The average molecular weight is 388 g/mol. The molecule has 1 N–H and O–H groups in total. The largest absolute Gasteiger partial charge is 0.356 e. The van der Waals surface area contributed by atoms with E-state index in [1.54, 1.807) is 6.20 Å². The Labute approximate surface area is 158 Å². The zero-order valence-corrected chi connectivity index (χ0v) is 16.5. The second-order valence-electron chi connectivity index (χ2n) is 7.88. The second kappa shape index (κ2) is 6.44. The Bertz CT molecular complexity index is 1030. The molecular weight excluding hydrogens is 364 g/mol. The van der Waals surface area contributed by atoms with Gasteiger partial charge in [-0.15, -0.1) is 0 Å². The van der Waals surface area contributed by atoms with E-state index < -0.39 is 9.84 Å². The van der Waals surface area contributed by atoms with Crippen LogP contribution in [0.1, 0.15) is 41.9 Å². The summed E-state index contributed by atoms with van der Waals surface area (Å²) in [5.41, 5.74) is 2.39. The molecule has 1 saturated heterocycles. The molecule has 1 fully saturated rings. The molecule has 1 atom stereocenters. The zero-order valence-electron chi connectivity index (χ0n) is 15.7. The number of piperidine rings is 1. The van der Waals surface area contributed by atoms with Gasteiger partial charge in [0.25, 0.3) is 5.56 Å². The number of fused-ring (bicyclic) bond motifs is 2. The SMILES string of the molecule is Cc1nc2c(c(=O)[nH]1)CCC21CCCN(c2ccc(CS(C)(=O)=O)cn2)C1. The molecule has 0 aromatic carbocycles. The van der Waals surface area contributed by atoms with Crippen molar-refractivity contribution in [1.29, 1.82) is 0 Å². The van der Waals surface area contributed by atoms with E-state index in [1.165, 1.54) is 6.26 Å². The van der Waals surface area contributed by atoms with Crippen molar-refractivity contribution in [2.45, 2.75) is 43.8 Å². The van der Waals surface area contributed by atoms with Gasteiger partial charge in [0.2, 0.25) is 0 Å². The highest BCUT2D eigenvalue weighted by Crippen LogP contribution is 2.43. The summed E-state index contributed by atoms with van der Waals surface area (Å²) in [5, 5.41) is 0. The monoisotopic (exact) mass is 388 g/mol. The van der Waals surface area contributed by atoms with Crippen LogP contribution in [0.15, 0.2) is 23.1 Å². The predicted molar refractivity (Wildman–Crippen MR) is 104 cm³/mol. The topological polar surface area (TPSA) is 96.0 Å². The highest BCUT2D eigenvalue weighted by Gasteiger charge is 2.44. The third-order valence-corrected chi connectivity index (χ3v) is 6.49. The van der Waals surface area contributed by atoms with E-state index in [9.17, 15) is 13.2 Å². The summed E-state index contributed by atoms with van der Waals surface area (Å²) in [4.78, 5) is 26.6. The van der Waals surface area contributed by atoms with Gasteiger partial charge in [-0.05, 0) is 44.2 Å². The number of aryl methyl sites for hydroxylation is 1. The summed E-state index contributed by atoms with van der Waals surface area (Å²) >= 11 is 0. The standard InChI is InChI=1S/C19H24N4O3S/c1-13-21-17-15(18(24)22-13)6-8-19(17)7-3-9-23(12-19)16-5-4-14(10-20-16)11-27(2,25)26/h4-5,10H,3,6-9,11-12H2,1-2H3,(H,21,22,24). The van der Waals surface area contributed by atoms with Crippen molar-refractivity contribution < 1.29 is 8.42 Å². The van der Waals surface area contributed by atoms with Gasteiger partial charge in [-0.2, -0.15) is 0 Å². The van der Waals surface area contributed by atoms with Crippen molar-refractivity contribution in [3.05, 3.63) is 51.3 Å². The molecule has 0 radical (unpaired) electrons. The number of rotatable bonds is 3. The first-order valence-electron chi connectivity index (χ1n) is 9.24. The Kier molecular flexibility index (Phi) is 4.33. The number of anilines is 1. The summed E-state index contributed by atoms with van der Waals surface area (Å²) in [6.45, 7) is 3.52. The number of pyridine rings is 1. The van der Waals surface area contributed by atoms with Crippen LogP contribution in [0.4, 0.5) is 5.82 Å². The maximum Gasteiger partial charge on any atom is 0.254 e. The van der Waals surface area contributed by atoms with E-state index in [2.05, 4.69) is 14.9 Å². The number of nitrogens with one attached hydrogen (secondary N) is 1. The van der Waals surface area contributed by atoms with E-state index in [0.717, 1.165) is 55.8 Å². The van der Waals surface area contributed by atoms with Crippen molar-refractivity contribution in [3.63, 3.8) is 0 Å². The molecule has 0 amide bonds. The maximum absolute atomic E-state index is 12.3. The quantitative estimate of drug-likeness (QED) is 0.856. The molecule has 3 heterocycles. The molecule has 27 heavy (non-hydrogen) atoms.